The van der Waals surface area contributed by atoms with Gasteiger partial charge in [-0.2, -0.15) is 5.26 Å². The molecule has 1 aliphatic heterocycles. The van der Waals surface area contributed by atoms with Crippen molar-refractivity contribution in [2.24, 2.45) is 5.41 Å². The zero-order valence-electron chi connectivity index (χ0n) is 18.7. The first-order valence-electron chi connectivity index (χ1n) is 10.8. The molecule has 7 nitrogen and oxygen atoms in total. The molecule has 1 saturated carbocycles. The van der Waals surface area contributed by atoms with Crippen molar-refractivity contribution in [3.05, 3.63) is 53.3 Å². The van der Waals surface area contributed by atoms with Crippen molar-refractivity contribution in [1.82, 2.24) is 4.90 Å². The Kier molecular flexibility index (Phi) is 6.06. The number of benzene rings is 2. The van der Waals surface area contributed by atoms with Crippen LogP contribution in [0.15, 0.2) is 41.3 Å². The van der Waals surface area contributed by atoms with Crippen LogP contribution >= 0.6 is 0 Å². The monoisotopic (exact) mass is 471 g/mol. The van der Waals surface area contributed by atoms with Crippen LogP contribution in [-0.4, -0.2) is 58.3 Å². The average molecular weight is 472 g/mol. The summed E-state index contributed by atoms with van der Waals surface area (Å²) in [6.07, 6.45) is 3.23. The van der Waals surface area contributed by atoms with Crippen molar-refractivity contribution in [3.63, 3.8) is 0 Å². The molecule has 2 aromatic carbocycles. The number of sulfone groups is 1. The third-order valence-corrected chi connectivity index (χ3v) is 7.38. The predicted molar refractivity (Wildman–Crippen MR) is 122 cm³/mol. The second-order valence-electron chi connectivity index (χ2n) is 9.09. The Morgan fingerprint density at radius 1 is 1.15 bits per heavy atom. The zero-order valence-corrected chi connectivity index (χ0v) is 19.5. The van der Waals surface area contributed by atoms with Gasteiger partial charge in [-0.15, -0.1) is 0 Å². The maximum absolute atomic E-state index is 14.4. The Morgan fingerprint density at radius 2 is 1.85 bits per heavy atom. The number of hydrogen-bond acceptors (Lipinski definition) is 6. The predicted octanol–water partition coefficient (Wildman–Crippen LogP) is 3.24. The lowest BCUT2D eigenvalue weighted by molar-refractivity contribution is 0.0740. The van der Waals surface area contributed by atoms with E-state index in [-0.39, 0.29) is 27.3 Å². The molecule has 1 amide bonds. The van der Waals surface area contributed by atoms with E-state index in [0.717, 1.165) is 19.1 Å². The van der Waals surface area contributed by atoms with Crippen LogP contribution in [0.4, 0.5) is 10.1 Å². The number of amides is 1. The molecular formula is C24H26FN3O4S. The first-order valence-corrected chi connectivity index (χ1v) is 12.7. The van der Waals surface area contributed by atoms with E-state index in [1.54, 1.807) is 23.1 Å². The molecule has 174 valence electrons. The maximum atomic E-state index is 14.4. The molecule has 0 N–H and O–H groups in total. The van der Waals surface area contributed by atoms with Gasteiger partial charge in [-0.25, -0.2) is 12.8 Å². The zero-order chi connectivity index (χ0) is 23.8. The van der Waals surface area contributed by atoms with E-state index >= 15 is 0 Å². The highest BCUT2D eigenvalue weighted by Crippen LogP contribution is 2.45. The quantitative estimate of drug-likeness (QED) is 0.643. The molecule has 0 atom stereocenters. The molecule has 1 saturated heterocycles. The number of nitriles is 1. The second kappa shape index (κ2) is 8.67. The van der Waals surface area contributed by atoms with E-state index in [1.807, 2.05) is 11.0 Å². The van der Waals surface area contributed by atoms with E-state index in [4.69, 9.17) is 10.00 Å². The number of hydrogen-bond donors (Lipinski definition) is 0. The van der Waals surface area contributed by atoms with Gasteiger partial charge in [-0.3, -0.25) is 4.79 Å². The van der Waals surface area contributed by atoms with Crippen LogP contribution in [0.5, 0.6) is 5.75 Å². The van der Waals surface area contributed by atoms with E-state index in [9.17, 15) is 17.6 Å². The van der Waals surface area contributed by atoms with Crippen LogP contribution in [0.2, 0.25) is 0 Å². The average Bonchev–Trinajstić information content (AvgIpc) is 3.54. The van der Waals surface area contributed by atoms with Crippen molar-refractivity contribution in [3.8, 4) is 11.8 Å². The fourth-order valence-corrected chi connectivity index (χ4v) is 4.44. The summed E-state index contributed by atoms with van der Waals surface area (Å²) in [4.78, 5) is 16.9. The first kappa shape index (κ1) is 23.1. The Bertz CT molecular complexity index is 1230. The van der Waals surface area contributed by atoms with Gasteiger partial charge in [0.05, 0.1) is 34.4 Å². The van der Waals surface area contributed by atoms with Gasteiger partial charge in [0.1, 0.15) is 11.6 Å². The Labute approximate surface area is 193 Å². The number of halogens is 1. The summed E-state index contributed by atoms with van der Waals surface area (Å²) in [6, 6.07) is 10.7. The lowest BCUT2D eigenvalue weighted by atomic mass is 10.1. The van der Waals surface area contributed by atoms with Crippen LogP contribution in [-0.2, 0) is 9.84 Å². The highest BCUT2D eigenvalue weighted by Gasteiger charge is 2.38. The molecule has 2 fully saturated rings. The molecule has 33 heavy (non-hydrogen) atoms. The SMILES string of the molecule is CC1(COc2ccc(S(C)(=O)=O)cc2C(=O)N2CCN(c3ccc(C#N)cc3F)CC2)CC1. The van der Waals surface area contributed by atoms with E-state index in [0.29, 0.717) is 44.2 Å². The van der Waals surface area contributed by atoms with Crippen LogP contribution in [0.1, 0.15) is 35.7 Å². The minimum absolute atomic E-state index is 0.0640. The Balaban J connectivity index is 1.52. The van der Waals surface area contributed by atoms with E-state index in [1.165, 1.54) is 18.2 Å². The van der Waals surface area contributed by atoms with Gasteiger partial charge < -0.3 is 14.5 Å². The summed E-state index contributed by atoms with van der Waals surface area (Å²) >= 11 is 0. The van der Waals surface area contributed by atoms with Crippen molar-refractivity contribution in [2.75, 3.05) is 43.9 Å². The standard InChI is InChI=1S/C24H26FN3O4S/c1-24(7-8-24)16-32-22-6-4-18(33(2,30)31)14-19(22)23(29)28-11-9-27(10-12-28)21-5-3-17(15-26)13-20(21)25/h3-6,13-14H,7-12,16H2,1-2H3. The molecule has 1 heterocycles. The normalized spacial score (nSPS) is 17.4. The molecule has 1 aliphatic carbocycles. The number of carbonyl (C=O) groups excluding carboxylic acids is 1. The fraction of sp³-hybridized carbons (Fsp3) is 0.417. The topological polar surface area (TPSA) is 90.7 Å². The lowest BCUT2D eigenvalue weighted by Gasteiger charge is -2.36. The lowest BCUT2D eigenvalue weighted by Crippen LogP contribution is -2.49. The number of rotatable bonds is 6. The van der Waals surface area contributed by atoms with E-state index < -0.39 is 15.7 Å². The molecule has 4 rings (SSSR count). The smallest absolute Gasteiger partial charge is 0.257 e. The molecule has 9 heteroatoms. The third-order valence-electron chi connectivity index (χ3n) is 6.27. The second-order valence-corrected chi connectivity index (χ2v) is 11.1. The molecule has 0 unspecified atom stereocenters. The number of carbonyl (C=O) groups is 1. The third kappa shape index (κ3) is 5.11. The largest absolute Gasteiger partial charge is 0.492 e. The molecule has 0 bridgehead atoms. The van der Waals surface area contributed by atoms with Crippen molar-refractivity contribution < 1.29 is 22.3 Å². The van der Waals surface area contributed by atoms with Crippen LogP contribution in [0.25, 0.3) is 0 Å². The molecule has 2 aromatic rings. The molecular weight excluding hydrogens is 445 g/mol. The summed E-state index contributed by atoms with van der Waals surface area (Å²) in [5, 5.41) is 8.92. The molecule has 2 aliphatic rings. The first-order chi connectivity index (χ1) is 15.6. The van der Waals surface area contributed by atoms with Gasteiger partial charge in [-0.05, 0) is 49.2 Å². The Hall–Kier alpha value is -3.12. The summed E-state index contributed by atoms with van der Waals surface area (Å²) in [7, 11) is -3.49. The molecule has 0 radical (unpaired) electrons. The highest BCUT2D eigenvalue weighted by molar-refractivity contribution is 7.90. The maximum Gasteiger partial charge on any atom is 0.257 e. The van der Waals surface area contributed by atoms with Crippen LogP contribution in [0, 0.1) is 22.6 Å². The van der Waals surface area contributed by atoms with Gasteiger partial charge >= 0.3 is 0 Å². The van der Waals surface area contributed by atoms with Gasteiger partial charge in [0.25, 0.3) is 5.91 Å². The number of piperazine rings is 1. The fourth-order valence-electron chi connectivity index (χ4n) is 3.80. The molecule has 0 spiro atoms. The van der Waals surface area contributed by atoms with Crippen molar-refractivity contribution in [2.45, 2.75) is 24.7 Å². The highest BCUT2D eigenvalue weighted by atomic mass is 32.2. The Morgan fingerprint density at radius 3 is 2.42 bits per heavy atom. The minimum Gasteiger partial charge on any atom is -0.492 e. The number of nitrogens with zero attached hydrogens (tertiary/aromatic N) is 3. The number of ether oxygens (including phenoxy) is 1. The summed E-state index contributed by atoms with van der Waals surface area (Å²) in [5.74, 6) is -0.406. The summed E-state index contributed by atoms with van der Waals surface area (Å²) in [5.41, 5.74) is 0.970. The van der Waals surface area contributed by atoms with Gasteiger partial charge in [0, 0.05) is 37.8 Å². The van der Waals surface area contributed by atoms with Gasteiger partial charge in [0.15, 0.2) is 9.84 Å². The van der Waals surface area contributed by atoms with Crippen molar-refractivity contribution >= 4 is 21.4 Å². The van der Waals surface area contributed by atoms with Crippen LogP contribution < -0.4 is 9.64 Å². The van der Waals surface area contributed by atoms with E-state index in [2.05, 4.69) is 6.92 Å². The summed E-state index contributed by atoms with van der Waals surface area (Å²) < 4.78 is 44.5. The van der Waals surface area contributed by atoms with Crippen molar-refractivity contribution in [1.29, 1.82) is 5.26 Å². The van der Waals surface area contributed by atoms with Crippen LogP contribution in [0.3, 0.4) is 0 Å². The minimum atomic E-state index is -3.49. The van der Waals surface area contributed by atoms with Gasteiger partial charge in [0.2, 0.25) is 0 Å². The van der Waals surface area contributed by atoms with Gasteiger partial charge in [-0.1, -0.05) is 6.92 Å². The molecule has 0 aromatic heterocycles. The summed E-state index contributed by atoms with van der Waals surface area (Å²) in [6.45, 7) is 4.10. The number of anilines is 1.